The van der Waals surface area contributed by atoms with Crippen LogP contribution in [0.25, 0.3) is 0 Å². The zero-order valence-corrected chi connectivity index (χ0v) is 12.8. The molecule has 3 N–H and O–H groups in total. The van der Waals surface area contributed by atoms with Gasteiger partial charge in [-0.1, -0.05) is 19.1 Å². The van der Waals surface area contributed by atoms with Gasteiger partial charge in [-0.3, -0.25) is 9.59 Å². The summed E-state index contributed by atoms with van der Waals surface area (Å²) in [6.45, 7) is 2.42. The van der Waals surface area contributed by atoms with Gasteiger partial charge < -0.3 is 20.7 Å². The number of anilines is 1. The van der Waals surface area contributed by atoms with Crippen LogP contribution in [0.2, 0.25) is 0 Å². The number of benzene rings is 1. The monoisotopic (exact) mass is 293 g/mol. The van der Waals surface area contributed by atoms with Crippen LogP contribution in [0.5, 0.6) is 5.75 Å². The first kappa shape index (κ1) is 16.8. The number of nitrogen functional groups attached to an aromatic ring is 1. The summed E-state index contributed by atoms with van der Waals surface area (Å²) in [5.41, 5.74) is 6.29. The lowest BCUT2D eigenvalue weighted by Gasteiger charge is -2.21. The van der Waals surface area contributed by atoms with Crippen molar-refractivity contribution in [2.45, 2.75) is 13.3 Å². The maximum absolute atomic E-state index is 11.9. The van der Waals surface area contributed by atoms with Crippen LogP contribution in [0, 0.1) is 5.92 Å². The van der Waals surface area contributed by atoms with Crippen LogP contribution in [-0.2, 0) is 9.59 Å². The number of amides is 2. The van der Waals surface area contributed by atoms with Gasteiger partial charge in [-0.2, -0.15) is 0 Å². The first-order valence-electron chi connectivity index (χ1n) is 6.88. The van der Waals surface area contributed by atoms with E-state index < -0.39 is 0 Å². The van der Waals surface area contributed by atoms with Crippen LogP contribution < -0.4 is 15.8 Å². The van der Waals surface area contributed by atoms with Gasteiger partial charge in [-0.05, 0) is 12.1 Å². The second kappa shape index (κ2) is 8.14. The molecule has 21 heavy (non-hydrogen) atoms. The molecule has 1 aromatic rings. The van der Waals surface area contributed by atoms with Crippen molar-refractivity contribution in [3.05, 3.63) is 24.3 Å². The molecule has 0 heterocycles. The average molecular weight is 293 g/mol. The fourth-order valence-electron chi connectivity index (χ4n) is 1.89. The van der Waals surface area contributed by atoms with Crippen molar-refractivity contribution < 1.29 is 14.3 Å². The number of carbonyl (C=O) groups excluding carboxylic acids is 2. The molecule has 2 amide bonds. The largest absolute Gasteiger partial charge is 0.491 e. The molecule has 6 nitrogen and oxygen atoms in total. The molecule has 6 heteroatoms. The number of hydrogen-bond donors (Lipinski definition) is 2. The van der Waals surface area contributed by atoms with Gasteiger partial charge in [0.2, 0.25) is 11.8 Å². The molecule has 0 aliphatic rings. The average Bonchev–Trinajstić information content (AvgIpc) is 2.47. The van der Waals surface area contributed by atoms with E-state index in [0.29, 0.717) is 18.0 Å². The number of rotatable bonds is 7. The van der Waals surface area contributed by atoms with Crippen LogP contribution in [0.4, 0.5) is 5.69 Å². The molecule has 1 rings (SSSR count). The van der Waals surface area contributed by atoms with Crippen molar-refractivity contribution in [2.75, 3.05) is 33.0 Å². The highest BCUT2D eigenvalue weighted by molar-refractivity contribution is 5.80. The van der Waals surface area contributed by atoms with Crippen LogP contribution in [0.15, 0.2) is 24.3 Å². The zero-order chi connectivity index (χ0) is 15.8. The van der Waals surface area contributed by atoms with Gasteiger partial charge in [0.1, 0.15) is 5.75 Å². The molecule has 0 aromatic heterocycles. The maximum Gasteiger partial charge on any atom is 0.225 e. The predicted molar refractivity (Wildman–Crippen MR) is 81.8 cm³/mol. The highest BCUT2D eigenvalue weighted by Crippen LogP contribution is 2.19. The Morgan fingerprint density at radius 1 is 1.38 bits per heavy atom. The Labute approximate surface area is 125 Å². The molecule has 116 valence electrons. The maximum atomic E-state index is 11.9. The smallest absolute Gasteiger partial charge is 0.225 e. The predicted octanol–water partition coefficient (Wildman–Crippen LogP) is 0.878. The van der Waals surface area contributed by atoms with Crippen molar-refractivity contribution in [1.29, 1.82) is 0 Å². The van der Waals surface area contributed by atoms with Gasteiger partial charge in [-0.15, -0.1) is 0 Å². The number of ether oxygens (including phenoxy) is 1. The highest BCUT2D eigenvalue weighted by Gasteiger charge is 2.17. The summed E-state index contributed by atoms with van der Waals surface area (Å²) < 4.78 is 5.48. The minimum atomic E-state index is -0.241. The van der Waals surface area contributed by atoms with E-state index in [1.807, 2.05) is 12.1 Å². The number of nitrogens with two attached hydrogens (primary N) is 1. The first-order chi connectivity index (χ1) is 9.95. The van der Waals surface area contributed by atoms with Gasteiger partial charge in [-0.25, -0.2) is 0 Å². The number of nitrogens with zero attached hydrogens (tertiary/aromatic N) is 1. The zero-order valence-electron chi connectivity index (χ0n) is 12.8. The molecule has 0 radical (unpaired) electrons. The van der Waals surface area contributed by atoms with Gasteiger partial charge >= 0.3 is 0 Å². The SMILES string of the molecule is CNC(=O)C(C)CN(C)C(=O)CCOc1ccccc1N. The molecule has 0 saturated carbocycles. The van der Waals surface area contributed by atoms with Crippen LogP contribution in [0.3, 0.4) is 0 Å². The van der Waals surface area contributed by atoms with E-state index in [1.165, 1.54) is 4.90 Å². The summed E-state index contributed by atoms with van der Waals surface area (Å²) in [6, 6.07) is 7.15. The lowest BCUT2D eigenvalue weighted by atomic mass is 10.1. The highest BCUT2D eigenvalue weighted by atomic mass is 16.5. The molecule has 0 bridgehead atoms. The first-order valence-corrected chi connectivity index (χ1v) is 6.88. The van der Waals surface area contributed by atoms with Gasteiger partial charge in [0, 0.05) is 20.6 Å². The van der Waals surface area contributed by atoms with Gasteiger partial charge in [0.05, 0.1) is 24.6 Å². The number of carbonyl (C=O) groups is 2. The third-order valence-corrected chi connectivity index (χ3v) is 3.16. The molecule has 0 saturated heterocycles. The third-order valence-electron chi connectivity index (χ3n) is 3.16. The standard InChI is InChI=1S/C15H23N3O3/c1-11(15(20)17-2)10-18(3)14(19)8-9-21-13-7-5-4-6-12(13)16/h4-7,11H,8-10,16H2,1-3H3,(H,17,20). The molecule has 1 aromatic carbocycles. The third kappa shape index (κ3) is 5.33. The number of para-hydroxylation sites is 2. The summed E-state index contributed by atoms with van der Waals surface area (Å²) in [7, 11) is 3.26. The van der Waals surface area contributed by atoms with Crippen molar-refractivity contribution >= 4 is 17.5 Å². The van der Waals surface area contributed by atoms with E-state index in [9.17, 15) is 9.59 Å². The summed E-state index contributed by atoms with van der Waals surface area (Å²) in [4.78, 5) is 24.9. The fourth-order valence-corrected chi connectivity index (χ4v) is 1.89. The van der Waals surface area contributed by atoms with Crippen molar-refractivity contribution in [2.24, 2.45) is 5.92 Å². The topological polar surface area (TPSA) is 84.7 Å². The molecule has 1 atom stereocenters. The molecular weight excluding hydrogens is 270 g/mol. The Bertz CT molecular complexity index is 491. The van der Waals surface area contributed by atoms with Crippen LogP contribution in [0.1, 0.15) is 13.3 Å². The summed E-state index contributed by atoms with van der Waals surface area (Å²) >= 11 is 0. The normalized spacial score (nSPS) is 11.6. The number of hydrogen-bond acceptors (Lipinski definition) is 4. The van der Waals surface area contributed by atoms with E-state index >= 15 is 0 Å². The lowest BCUT2D eigenvalue weighted by Crippen LogP contribution is -2.37. The van der Waals surface area contributed by atoms with E-state index in [0.717, 1.165) is 0 Å². The second-order valence-electron chi connectivity index (χ2n) is 4.93. The number of nitrogens with one attached hydrogen (secondary N) is 1. The quantitative estimate of drug-likeness (QED) is 0.731. The molecule has 0 aliphatic carbocycles. The van der Waals surface area contributed by atoms with Gasteiger partial charge in [0.25, 0.3) is 0 Å². The molecular formula is C15H23N3O3. The molecule has 0 spiro atoms. The Kier molecular flexibility index (Phi) is 6.52. The van der Waals surface area contributed by atoms with Crippen molar-refractivity contribution in [1.82, 2.24) is 10.2 Å². The second-order valence-corrected chi connectivity index (χ2v) is 4.93. The van der Waals surface area contributed by atoms with E-state index in [2.05, 4.69) is 5.32 Å². The van der Waals surface area contributed by atoms with E-state index in [1.54, 1.807) is 33.2 Å². The van der Waals surface area contributed by atoms with Crippen molar-refractivity contribution in [3.8, 4) is 5.75 Å². The Morgan fingerprint density at radius 2 is 2.05 bits per heavy atom. The molecule has 0 fully saturated rings. The summed E-state index contributed by atoms with van der Waals surface area (Å²) in [5, 5.41) is 2.56. The summed E-state index contributed by atoms with van der Waals surface area (Å²) in [5.74, 6) is 0.185. The molecule has 0 aliphatic heterocycles. The van der Waals surface area contributed by atoms with E-state index in [-0.39, 0.29) is 30.8 Å². The fraction of sp³-hybridized carbons (Fsp3) is 0.467. The molecule has 1 unspecified atom stereocenters. The van der Waals surface area contributed by atoms with Gasteiger partial charge in [0.15, 0.2) is 0 Å². The summed E-state index contributed by atoms with van der Waals surface area (Å²) in [6.07, 6.45) is 0.241. The Morgan fingerprint density at radius 3 is 2.67 bits per heavy atom. The minimum absolute atomic E-state index is 0.0692. The van der Waals surface area contributed by atoms with Crippen molar-refractivity contribution in [3.63, 3.8) is 0 Å². The van der Waals surface area contributed by atoms with Crippen LogP contribution >= 0.6 is 0 Å². The van der Waals surface area contributed by atoms with Crippen LogP contribution in [-0.4, -0.2) is 44.0 Å². The Hall–Kier alpha value is -2.24. The Balaban J connectivity index is 2.36. The van der Waals surface area contributed by atoms with E-state index in [4.69, 9.17) is 10.5 Å². The minimum Gasteiger partial charge on any atom is -0.491 e. The lowest BCUT2D eigenvalue weighted by molar-refractivity contribution is -0.132.